The van der Waals surface area contributed by atoms with Crippen molar-refractivity contribution in [3.63, 3.8) is 0 Å². The Balaban J connectivity index is 2.30. The second kappa shape index (κ2) is 4.73. The van der Waals surface area contributed by atoms with Crippen molar-refractivity contribution in [1.29, 1.82) is 0 Å². The molecule has 0 radical (unpaired) electrons. The van der Waals surface area contributed by atoms with E-state index in [-0.39, 0.29) is 11.5 Å². The van der Waals surface area contributed by atoms with E-state index >= 15 is 0 Å². The molecule has 0 atom stereocenters. The Labute approximate surface area is 117 Å². The van der Waals surface area contributed by atoms with Gasteiger partial charge in [0, 0.05) is 5.39 Å². The van der Waals surface area contributed by atoms with Crippen molar-refractivity contribution < 1.29 is 22.4 Å². The van der Waals surface area contributed by atoms with E-state index in [1.165, 1.54) is 24.5 Å². The number of carbonyl (C=O) groups is 1. The second-order valence-corrected chi connectivity index (χ2v) is 4.38. The zero-order valence-corrected chi connectivity index (χ0v) is 10.5. The van der Waals surface area contributed by atoms with Crippen molar-refractivity contribution in [2.24, 2.45) is 0 Å². The number of halogens is 3. The van der Waals surface area contributed by atoms with E-state index in [2.05, 4.69) is 4.98 Å². The fraction of sp³-hybridized carbons (Fsp3) is 0.0667. The Kier molecular flexibility index (Phi) is 3.01. The molecule has 21 heavy (non-hydrogen) atoms. The topological polar surface area (TPSA) is 43.1 Å². The first kappa shape index (κ1) is 13.4. The third-order valence-corrected chi connectivity index (χ3v) is 2.98. The lowest BCUT2D eigenvalue weighted by Crippen LogP contribution is -2.23. The molecule has 2 aromatic heterocycles. The molecule has 0 aliphatic heterocycles. The van der Waals surface area contributed by atoms with Crippen molar-refractivity contribution >= 4 is 16.7 Å². The molecular formula is C15H8F3NO2. The minimum atomic E-state index is -4.97. The first-order valence-corrected chi connectivity index (χ1v) is 6.02. The number of furan rings is 1. The normalized spacial score (nSPS) is 11.8. The van der Waals surface area contributed by atoms with E-state index in [0.29, 0.717) is 10.9 Å². The highest BCUT2D eigenvalue weighted by Crippen LogP contribution is 2.31. The highest BCUT2D eigenvalue weighted by Gasteiger charge is 2.41. The molecule has 3 rings (SSSR count). The van der Waals surface area contributed by atoms with Crippen molar-refractivity contribution in [1.82, 2.24) is 4.98 Å². The van der Waals surface area contributed by atoms with Crippen LogP contribution >= 0.6 is 0 Å². The summed E-state index contributed by atoms with van der Waals surface area (Å²) in [6, 6.07) is 10.8. The van der Waals surface area contributed by atoms with Crippen LogP contribution in [-0.2, 0) is 0 Å². The molecule has 0 unspecified atom stereocenters. The summed E-state index contributed by atoms with van der Waals surface area (Å²) in [6.45, 7) is 0. The highest BCUT2D eigenvalue weighted by atomic mass is 19.4. The summed E-state index contributed by atoms with van der Waals surface area (Å²) in [5.74, 6) is -1.82. The number of pyridine rings is 1. The van der Waals surface area contributed by atoms with Gasteiger partial charge >= 0.3 is 6.18 Å². The number of aromatic nitrogens is 1. The van der Waals surface area contributed by atoms with Crippen LogP contribution in [0.5, 0.6) is 0 Å². The number of Topliss-reactive ketones (excluding diaryl/α,β-unsaturated/α-hetero) is 1. The van der Waals surface area contributed by atoms with Gasteiger partial charge in [-0.3, -0.25) is 4.79 Å². The molecule has 1 aromatic carbocycles. The summed E-state index contributed by atoms with van der Waals surface area (Å²) in [5.41, 5.74) is -0.139. The molecule has 3 nitrogen and oxygen atoms in total. The predicted molar refractivity (Wildman–Crippen MR) is 69.8 cm³/mol. The molecule has 0 fully saturated rings. The molecule has 106 valence electrons. The van der Waals surface area contributed by atoms with E-state index in [0.717, 1.165) is 0 Å². The summed E-state index contributed by atoms with van der Waals surface area (Å²) in [6.07, 6.45) is -3.65. The fourth-order valence-corrected chi connectivity index (χ4v) is 2.04. The summed E-state index contributed by atoms with van der Waals surface area (Å²) in [4.78, 5) is 15.8. The SMILES string of the molecule is O=C(c1cc2ccccc2nc1-c1ccco1)C(F)(F)F. The number of hydrogen-bond donors (Lipinski definition) is 0. The molecule has 0 aliphatic rings. The lowest BCUT2D eigenvalue weighted by Gasteiger charge is -2.10. The molecule has 2 heterocycles. The smallest absolute Gasteiger partial charge is 0.454 e. The minimum Gasteiger partial charge on any atom is -0.463 e. The molecule has 0 N–H and O–H groups in total. The Morgan fingerprint density at radius 3 is 2.52 bits per heavy atom. The van der Waals surface area contributed by atoms with Crippen LogP contribution in [-0.4, -0.2) is 16.9 Å². The number of benzene rings is 1. The number of hydrogen-bond acceptors (Lipinski definition) is 3. The quantitative estimate of drug-likeness (QED) is 0.663. The van der Waals surface area contributed by atoms with E-state index in [4.69, 9.17) is 4.42 Å². The van der Waals surface area contributed by atoms with Crippen molar-refractivity contribution in [3.8, 4) is 11.5 Å². The van der Waals surface area contributed by atoms with Crippen LogP contribution < -0.4 is 0 Å². The minimum absolute atomic E-state index is 0.110. The summed E-state index contributed by atoms with van der Waals surface area (Å²) >= 11 is 0. The molecule has 0 aliphatic carbocycles. The molecule has 0 spiro atoms. The van der Waals surface area contributed by atoms with Crippen molar-refractivity contribution in [2.45, 2.75) is 6.18 Å². The number of fused-ring (bicyclic) bond motifs is 1. The molecule has 3 aromatic rings. The van der Waals surface area contributed by atoms with Gasteiger partial charge in [0.25, 0.3) is 5.78 Å². The van der Waals surface area contributed by atoms with Gasteiger partial charge in [-0.1, -0.05) is 18.2 Å². The Bertz CT molecular complexity index is 807. The van der Waals surface area contributed by atoms with Crippen molar-refractivity contribution in [2.75, 3.05) is 0 Å². The first-order valence-electron chi connectivity index (χ1n) is 6.02. The van der Waals surface area contributed by atoms with Crippen LogP contribution in [0, 0.1) is 0 Å². The number of rotatable bonds is 2. The molecule has 0 amide bonds. The summed E-state index contributed by atoms with van der Waals surface area (Å²) in [7, 11) is 0. The number of carbonyl (C=O) groups excluding carboxylic acids is 1. The molecule has 6 heteroatoms. The van der Waals surface area contributed by atoms with Crippen LogP contribution in [0.15, 0.2) is 53.1 Å². The van der Waals surface area contributed by atoms with Gasteiger partial charge in [-0.2, -0.15) is 13.2 Å². The summed E-state index contributed by atoms with van der Waals surface area (Å²) in [5, 5.41) is 0.459. The highest BCUT2D eigenvalue weighted by molar-refractivity contribution is 6.07. The number of nitrogens with zero attached hydrogens (tertiary/aromatic N) is 1. The van der Waals surface area contributed by atoms with Crippen LogP contribution in [0.4, 0.5) is 13.2 Å². The lowest BCUT2D eigenvalue weighted by atomic mass is 10.0. The zero-order valence-electron chi connectivity index (χ0n) is 10.5. The average molecular weight is 291 g/mol. The Morgan fingerprint density at radius 2 is 1.86 bits per heavy atom. The monoisotopic (exact) mass is 291 g/mol. The third-order valence-electron chi connectivity index (χ3n) is 2.98. The van der Waals surface area contributed by atoms with Gasteiger partial charge in [-0.15, -0.1) is 0 Å². The number of alkyl halides is 3. The van der Waals surface area contributed by atoms with Gasteiger partial charge in [0.15, 0.2) is 5.76 Å². The maximum absolute atomic E-state index is 12.7. The van der Waals surface area contributed by atoms with Crippen LogP contribution in [0.1, 0.15) is 10.4 Å². The van der Waals surface area contributed by atoms with Crippen LogP contribution in [0.2, 0.25) is 0 Å². The number of para-hydroxylation sites is 1. The molecule has 0 saturated heterocycles. The van der Waals surface area contributed by atoms with Gasteiger partial charge in [0.05, 0.1) is 17.3 Å². The predicted octanol–water partition coefficient (Wildman–Crippen LogP) is 4.24. The van der Waals surface area contributed by atoms with Gasteiger partial charge in [0.2, 0.25) is 0 Å². The average Bonchev–Trinajstić information content (AvgIpc) is 2.98. The third kappa shape index (κ3) is 2.40. The van der Waals surface area contributed by atoms with Gasteiger partial charge in [0.1, 0.15) is 5.69 Å². The Morgan fingerprint density at radius 1 is 1.10 bits per heavy atom. The zero-order chi connectivity index (χ0) is 15.0. The largest absolute Gasteiger partial charge is 0.463 e. The standard InChI is InChI=1S/C15H8F3NO2/c16-15(17,18)14(20)10-8-9-4-1-2-5-11(9)19-13(10)12-6-3-7-21-12/h1-8H. The van der Waals surface area contributed by atoms with E-state index in [1.54, 1.807) is 24.3 Å². The maximum atomic E-state index is 12.7. The van der Waals surface area contributed by atoms with Gasteiger partial charge in [-0.25, -0.2) is 4.98 Å². The van der Waals surface area contributed by atoms with Crippen LogP contribution in [0.3, 0.4) is 0 Å². The van der Waals surface area contributed by atoms with Gasteiger partial charge in [-0.05, 0) is 24.3 Å². The molecule has 0 saturated carbocycles. The summed E-state index contributed by atoms with van der Waals surface area (Å²) < 4.78 is 43.3. The second-order valence-electron chi connectivity index (χ2n) is 4.38. The molecule has 0 bridgehead atoms. The van der Waals surface area contributed by atoms with Crippen molar-refractivity contribution in [3.05, 3.63) is 54.3 Å². The van der Waals surface area contributed by atoms with Gasteiger partial charge < -0.3 is 4.42 Å². The van der Waals surface area contributed by atoms with Crippen LogP contribution in [0.25, 0.3) is 22.4 Å². The van der Waals surface area contributed by atoms with E-state index < -0.39 is 17.5 Å². The maximum Gasteiger partial charge on any atom is 0.454 e. The lowest BCUT2D eigenvalue weighted by molar-refractivity contribution is -0.0884. The Hall–Kier alpha value is -2.63. The van der Waals surface area contributed by atoms with E-state index in [1.807, 2.05) is 0 Å². The fourth-order valence-electron chi connectivity index (χ4n) is 2.04. The van der Waals surface area contributed by atoms with E-state index in [9.17, 15) is 18.0 Å². The molecular weight excluding hydrogens is 283 g/mol. The first-order chi connectivity index (χ1) is 9.97. The number of ketones is 1.